The highest BCUT2D eigenvalue weighted by atomic mass is 16.1. The third-order valence-corrected chi connectivity index (χ3v) is 4.18. The maximum Gasteiger partial charge on any atom is 0.161 e. The van der Waals surface area contributed by atoms with Gasteiger partial charge in [-0.2, -0.15) is 0 Å². The van der Waals surface area contributed by atoms with E-state index in [1.165, 1.54) is 0 Å². The number of Topliss-reactive ketones (excluding diaryl/α,β-unsaturated/α-hetero) is 1. The first-order valence-corrected chi connectivity index (χ1v) is 6.74. The summed E-state index contributed by atoms with van der Waals surface area (Å²) in [4.78, 5) is 12.6. The highest BCUT2D eigenvalue weighted by Crippen LogP contribution is 2.39. The van der Waals surface area contributed by atoms with Crippen LogP contribution in [0.15, 0.2) is 24.5 Å². The molecular weight excluding hydrogens is 210 g/mol. The molecule has 1 aliphatic carbocycles. The van der Waals surface area contributed by atoms with Gasteiger partial charge in [0.05, 0.1) is 0 Å². The van der Waals surface area contributed by atoms with Crippen LogP contribution in [0.4, 0.5) is 0 Å². The normalized spacial score (nSPS) is 29.5. The predicted octanol–water partition coefficient (Wildman–Crippen LogP) is 3.62. The van der Waals surface area contributed by atoms with Crippen LogP contribution in [0, 0.1) is 11.8 Å². The van der Waals surface area contributed by atoms with Crippen molar-refractivity contribution in [1.29, 1.82) is 0 Å². The first kappa shape index (κ1) is 12.4. The molecule has 1 aliphatic rings. The van der Waals surface area contributed by atoms with E-state index in [2.05, 4.69) is 23.9 Å². The van der Waals surface area contributed by atoms with Crippen molar-refractivity contribution in [3.8, 4) is 0 Å². The second-order valence-corrected chi connectivity index (χ2v) is 5.82. The molecule has 0 saturated heterocycles. The van der Waals surface area contributed by atoms with Crippen LogP contribution in [0.3, 0.4) is 0 Å². The van der Waals surface area contributed by atoms with E-state index in [-0.39, 0.29) is 11.5 Å². The van der Waals surface area contributed by atoms with E-state index in [9.17, 15) is 4.79 Å². The van der Waals surface area contributed by atoms with Gasteiger partial charge in [0.2, 0.25) is 0 Å². The zero-order chi connectivity index (χ0) is 12.5. The molecule has 0 atom stereocenters. The first-order chi connectivity index (χ1) is 8.06. The molecule has 1 aromatic heterocycles. The Kier molecular flexibility index (Phi) is 3.41. The van der Waals surface area contributed by atoms with Crippen molar-refractivity contribution in [2.75, 3.05) is 0 Å². The maximum absolute atomic E-state index is 12.6. The minimum atomic E-state index is -0.260. The van der Waals surface area contributed by atoms with Gasteiger partial charge in [0.1, 0.15) is 5.54 Å². The molecule has 2 nitrogen and oxygen atoms in total. The van der Waals surface area contributed by atoms with Gasteiger partial charge in [-0.25, -0.2) is 0 Å². The van der Waals surface area contributed by atoms with E-state index in [1.54, 1.807) is 0 Å². The lowest BCUT2D eigenvalue weighted by molar-refractivity contribution is -0.133. The van der Waals surface area contributed by atoms with Crippen molar-refractivity contribution < 1.29 is 4.79 Å². The van der Waals surface area contributed by atoms with Gasteiger partial charge in [-0.1, -0.05) is 20.8 Å². The molecular formula is C15H23NO. The van der Waals surface area contributed by atoms with Crippen molar-refractivity contribution in [2.24, 2.45) is 11.8 Å². The van der Waals surface area contributed by atoms with Crippen LogP contribution in [0.25, 0.3) is 0 Å². The van der Waals surface area contributed by atoms with Gasteiger partial charge in [0, 0.05) is 18.3 Å². The molecule has 2 heteroatoms. The van der Waals surface area contributed by atoms with Crippen LogP contribution in [0.1, 0.15) is 46.5 Å². The van der Waals surface area contributed by atoms with Crippen LogP contribution in [0.5, 0.6) is 0 Å². The smallest absolute Gasteiger partial charge is 0.161 e. The fraction of sp³-hybridized carbons (Fsp3) is 0.667. The number of hydrogen-bond acceptors (Lipinski definition) is 1. The SMILES string of the molecule is CC(C)C(=O)[C@]1(n2cccc2)CC[C@@H](C)CC1. The minimum Gasteiger partial charge on any atom is -0.341 e. The first-order valence-electron chi connectivity index (χ1n) is 6.74. The number of aromatic nitrogens is 1. The summed E-state index contributed by atoms with van der Waals surface area (Å²) < 4.78 is 2.15. The number of carbonyl (C=O) groups excluding carboxylic acids is 1. The average Bonchev–Trinajstić information content (AvgIpc) is 2.83. The Labute approximate surface area is 104 Å². The number of ketones is 1. The number of rotatable bonds is 3. The summed E-state index contributed by atoms with van der Waals surface area (Å²) in [6.45, 7) is 6.33. The Morgan fingerprint density at radius 3 is 2.24 bits per heavy atom. The van der Waals surface area contributed by atoms with Gasteiger partial charge in [0.15, 0.2) is 5.78 Å². The molecule has 0 N–H and O–H groups in total. The van der Waals surface area contributed by atoms with Gasteiger partial charge in [-0.05, 0) is 43.7 Å². The molecule has 1 saturated carbocycles. The summed E-state index contributed by atoms with van der Waals surface area (Å²) in [5, 5.41) is 0. The van der Waals surface area contributed by atoms with E-state index in [0.29, 0.717) is 5.78 Å². The van der Waals surface area contributed by atoms with Gasteiger partial charge >= 0.3 is 0 Å². The van der Waals surface area contributed by atoms with Gasteiger partial charge in [-0.15, -0.1) is 0 Å². The third-order valence-electron chi connectivity index (χ3n) is 4.18. The quantitative estimate of drug-likeness (QED) is 0.781. The van der Waals surface area contributed by atoms with E-state index in [1.807, 2.05) is 26.0 Å². The van der Waals surface area contributed by atoms with Crippen molar-refractivity contribution in [3.63, 3.8) is 0 Å². The molecule has 0 aliphatic heterocycles. The molecule has 2 rings (SSSR count). The highest BCUT2D eigenvalue weighted by molar-refractivity contribution is 5.88. The van der Waals surface area contributed by atoms with Crippen LogP contribution in [-0.2, 0) is 10.3 Å². The van der Waals surface area contributed by atoms with E-state index in [4.69, 9.17) is 0 Å². The Hall–Kier alpha value is -1.05. The predicted molar refractivity (Wildman–Crippen MR) is 69.9 cm³/mol. The molecule has 0 radical (unpaired) electrons. The van der Waals surface area contributed by atoms with Gasteiger partial charge in [-0.3, -0.25) is 4.79 Å². The number of nitrogens with zero attached hydrogens (tertiary/aromatic N) is 1. The van der Waals surface area contributed by atoms with Gasteiger partial charge in [0.25, 0.3) is 0 Å². The highest BCUT2D eigenvalue weighted by Gasteiger charge is 2.42. The summed E-state index contributed by atoms with van der Waals surface area (Å²) >= 11 is 0. The topological polar surface area (TPSA) is 22.0 Å². The average molecular weight is 233 g/mol. The fourth-order valence-electron chi connectivity index (χ4n) is 3.03. The van der Waals surface area contributed by atoms with Gasteiger partial charge < -0.3 is 4.57 Å². The lowest BCUT2D eigenvalue weighted by Gasteiger charge is -2.40. The molecule has 94 valence electrons. The minimum absolute atomic E-state index is 0.116. The van der Waals surface area contributed by atoms with E-state index >= 15 is 0 Å². The molecule has 1 heterocycles. The zero-order valence-electron chi connectivity index (χ0n) is 11.1. The largest absolute Gasteiger partial charge is 0.341 e. The lowest BCUT2D eigenvalue weighted by atomic mass is 9.72. The molecule has 0 amide bonds. The van der Waals surface area contributed by atoms with Crippen molar-refractivity contribution in [2.45, 2.75) is 52.0 Å². The molecule has 0 spiro atoms. The van der Waals surface area contributed by atoms with Crippen molar-refractivity contribution >= 4 is 5.78 Å². The zero-order valence-corrected chi connectivity index (χ0v) is 11.1. The Morgan fingerprint density at radius 1 is 1.24 bits per heavy atom. The number of carbonyl (C=O) groups is 1. The molecule has 0 unspecified atom stereocenters. The van der Waals surface area contributed by atoms with E-state index in [0.717, 1.165) is 31.6 Å². The second kappa shape index (κ2) is 4.67. The van der Waals surface area contributed by atoms with E-state index < -0.39 is 0 Å². The van der Waals surface area contributed by atoms with Crippen molar-refractivity contribution in [1.82, 2.24) is 4.57 Å². The van der Waals surface area contributed by atoms with Crippen LogP contribution < -0.4 is 0 Å². The summed E-state index contributed by atoms with van der Waals surface area (Å²) in [5.74, 6) is 1.28. The maximum atomic E-state index is 12.6. The Morgan fingerprint density at radius 2 is 1.76 bits per heavy atom. The summed E-state index contributed by atoms with van der Waals surface area (Å²) in [6.07, 6.45) is 8.43. The third kappa shape index (κ3) is 2.18. The van der Waals surface area contributed by atoms with Crippen LogP contribution >= 0.6 is 0 Å². The van der Waals surface area contributed by atoms with Crippen LogP contribution in [0.2, 0.25) is 0 Å². The van der Waals surface area contributed by atoms with Crippen LogP contribution in [-0.4, -0.2) is 10.4 Å². The second-order valence-electron chi connectivity index (χ2n) is 5.82. The Bertz CT molecular complexity index is 370. The molecule has 0 bridgehead atoms. The standard InChI is InChI=1S/C15H23NO/c1-12(2)14(17)15(16-10-4-5-11-16)8-6-13(3)7-9-15/h4-5,10-13H,6-9H2,1-3H3/t13-,15+. The Balaban J connectivity index is 2.33. The molecule has 1 fully saturated rings. The summed E-state index contributed by atoms with van der Waals surface area (Å²) in [5.41, 5.74) is -0.260. The lowest BCUT2D eigenvalue weighted by Crippen LogP contribution is -2.46. The summed E-state index contributed by atoms with van der Waals surface area (Å²) in [6, 6.07) is 4.04. The molecule has 17 heavy (non-hydrogen) atoms. The summed E-state index contributed by atoms with van der Waals surface area (Å²) in [7, 11) is 0. The fourth-order valence-corrected chi connectivity index (χ4v) is 3.03. The molecule has 0 aromatic carbocycles. The monoisotopic (exact) mass is 233 g/mol. The molecule has 1 aromatic rings. The number of hydrogen-bond donors (Lipinski definition) is 0. The van der Waals surface area contributed by atoms with Crippen molar-refractivity contribution in [3.05, 3.63) is 24.5 Å².